The van der Waals surface area contributed by atoms with Gasteiger partial charge in [0, 0.05) is 21.9 Å². The number of carbonyl (C=O) groups excluding carboxylic acids is 1. The summed E-state index contributed by atoms with van der Waals surface area (Å²) in [6, 6.07) is 15.7. The summed E-state index contributed by atoms with van der Waals surface area (Å²) in [6.45, 7) is 0.505. The maximum atomic E-state index is 11.7. The molecule has 0 fully saturated rings. The minimum absolute atomic E-state index is 0.480. The van der Waals surface area contributed by atoms with Gasteiger partial charge in [0.05, 0.1) is 0 Å². The Labute approximate surface area is 152 Å². The van der Waals surface area contributed by atoms with Gasteiger partial charge in [0.15, 0.2) is 6.23 Å². The molecule has 1 atom stereocenters. The Kier molecular flexibility index (Phi) is 7.08. The van der Waals surface area contributed by atoms with Gasteiger partial charge < -0.3 is 10.1 Å². The SMILES string of the molecule is NC(Cc1ccc(Br)cc1)OC(=O)NCCc1ccc(Br)cc1. The largest absolute Gasteiger partial charge is 0.430 e. The number of amides is 1. The van der Waals surface area contributed by atoms with E-state index in [-0.39, 0.29) is 0 Å². The Morgan fingerprint density at radius 2 is 1.52 bits per heavy atom. The van der Waals surface area contributed by atoms with E-state index in [1.807, 2.05) is 48.5 Å². The predicted molar refractivity (Wildman–Crippen MR) is 98.2 cm³/mol. The summed E-state index contributed by atoms with van der Waals surface area (Å²) in [5.74, 6) is 0. The number of ether oxygens (including phenoxy) is 1. The van der Waals surface area contributed by atoms with E-state index in [2.05, 4.69) is 37.2 Å². The fourth-order valence-electron chi connectivity index (χ4n) is 2.03. The lowest BCUT2D eigenvalue weighted by Gasteiger charge is -2.14. The average molecular weight is 442 g/mol. The van der Waals surface area contributed by atoms with Crippen molar-refractivity contribution in [2.45, 2.75) is 19.1 Å². The molecule has 0 aromatic heterocycles. The Morgan fingerprint density at radius 1 is 1.00 bits per heavy atom. The van der Waals surface area contributed by atoms with Crippen LogP contribution in [0.3, 0.4) is 0 Å². The summed E-state index contributed by atoms with van der Waals surface area (Å²) < 4.78 is 7.19. The van der Waals surface area contributed by atoms with Crippen LogP contribution in [0.2, 0.25) is 0 Å². The molecular weight excluding hydrogens is 424 g/mol. The van der Waals surface area contributed by atoms with Crippen molar-refractivity contribution in [1.29, 1.82) is 0 Å². The number of benzene rings is 2. The third-order valence-corrected chi connectivity index (χ3v) is 4.26. The highest BCUT2D eigenvalue weighted by Gasteiger charge is 2.10. The average Bonchev–Trinajstić information content (AvgIpc) is 2.51. The van der Waals surface area contributed by atoms with Gasteiger partial charge in [-0.25, -0.2) is 4.79 Å². The van der Waals surface area contributed by atoms with Crippen molar-refractivity contribution in [3.63, 3.8) is 0 Å². The summed E-state index contributed by atoms with van der Waals surface area (Å²) in [6.07, 6.45) is 0.0631. The van der Waals surface area contributed by atoms with E-state index in [1.54, 1.807) is 0 Å². The lowest BCUT2D eigenvalue weighted by Crippen LogP contribution is -2.35. The Hall–Kier alpha value is -1.37. The first kappa shape index (κ1) is 18.0. The number of nitrogens with two attached hydrogens (primary N) is 1. The first-order valence-corrected chi connectivity index (χ1v) is 8.80. The molecule has 1 amide bonds. The summed E-state index contributed by atoms with van der Waals surface area (Å²) >= 11 is 6.76. The Morgan fingerprint density at radius 3 is 2.09 bits per heavy atom. The molecule has 2 aromatic carbocycles. The molecule has 0 radical (unpaired) electrons. The fraction of sp³-hybridized carbons (Fsp3) is 0.235. The van der Waals surface area contributed by atoms with Crippen LogP contribution in [0.5, 0.6) is 0 Å². The van der Waals surface area contributed by atoms with Gasteiger partial charge in [-0.1, -0.05) is 56.1 Å². The Balaban J connectivity index is 1.69. The molecule has 122 valence electrons. The van der Waals surface area contributed by atoms with E-state index in [4.69, 9.17) is 10.5 Å². The van der Waals surface area contributed by atoms with Gasteiger partial charge in [0.2, 0.25) is 0 Å². The van der Waals surface area contributed by atoms with E-state index in [0.717, 1.165) is 26.5 Å². The van der Waals surface area contributed by atoms with E-state index < -0.39 is 12.3 Å². The van der Waals surface area contributed by atoms with Crippen molar-refractivity contribution in [3.8, 4) is 0 Å². The fourth-order valence-corrected chi connectivity index (χ4v) is 2.56. The quantitative estimate of drug-likeness (QED) is 0.665. The molecule has 4 nitrogen and oxygen atoms in total. The highest BCUT2D eigenvalue weighted by molar-refractivity contribution is 9.10. The molecule has 6 heteroatoms. The molecule has 3 N–H and O–H groups in total. The zero-order chi connectivity index (χ0) is 16.7. The van der Waals surface area contributed by atoms with Crippen LogP contribution in [0.25, 0.3) is 0 Å². The van der Waals surface area contributed by atoms with Gasteiger partial charge in [-0.2, -0.15) is 0 Å². The van der Waals surface area contributed by atoms with Gasteiger partial charge in [0.25, 0.3) is 0 Å². The molecule has 2 rings (SSSR count). The van der Waals surface area contributed by atoms with E-state index in [0.29, 0.717) is 13.0 Å². The van der Waals surface area contributed by atoms with Crippen molar-refractivity contribution in [3.05, 3.63) is 68.6 Å². The van der Waals surface area contributed by atoms with Crippen LogP contribution >= 0.6 is 31.9 Å². The van der Waals surface area contributed by atoms with Crippen molar-refractivity contribution >= 4 is 38.0 Å². The number of nitrogens with one attached hydrogen (secondary N) is 1. The molecule has 0 aliphatic heterocycles. The van der Waals surface area contributed by atoms with Gasteiger partial charge in [-0.3, -0.25) is 5.73 Å². The molecule has 0 saturated carbocycles. The second-order valence-electron chi connectivity index (χ2n) is 5.08. The molecule has 0 spiro atoms. The first-order valence-electron chi connectivity index (χ1n) is 7.22. The van der Waals surface area contributed by atoms with Gasteiger partial charge in [-0.15, -0.1) is 0 Å². The predicted octanol–water partition coefficient (Wildman–Crippen LogP) is 4.01. The minimum atomic E-state index is -0.663. The van der Waals surface area contributed by atoms with E-state index in [9.17, 15) is 4.79 Å². The highest BCUT2D eigenvalue weighted by atomic mass is 79.9. The topological polar surface area (TPSA) is 64.3 Å². The number of alkyl carbamates (subject to hydrolysis) is 1. The summed E-state index contributed by atoms with van der Waals surface area (Å²) in [5.41, 5.74) is 8.01. The number of halogens is 2. The zero-order valence-corrected chi connectivity index (χ0v) is 15.6. The third-order valence-electron chi connectivity index (χ3n) is 3.20. The van der Waals surface area contributed by atoms with Crippen LogP contribution < -0.4 is 11.1 Å². The molecule has 1 unspecified atom stereocenters. The minimum Gasteiger partial charge on any atom is -0.430 e. The summed E-state index contributed by atoms with van der Waals surface area (Å²) in [4.78, 5) is 11.7. The van der Waals surface area contributed by atoms with Crippen LogP contribution in [0.4, 0.5) is 4.79 Å². The van der Waals surface area contributed by atoms with Crippen LogP contribution in [0.15, 0.2) is 57.5 Å². The first-order chi connectivity index (χ1) is 11.0. The smallest absolute Gasteiger partial charge is 0.408 e. The molecule has 2 aromatic rings. The summed E-state index contributed by atoms with van der Waals surface area (Å²) in [5, 5.41) is 2.71. The van der Waals surface area contributed by atoms with Crippen molar-refractivity contribution in [2.24, 2.45) is 5.73 Å². The number of hydrogen-bond donors (Lipinski definition) is 2. The van der Waals surface area contributed by atoms with Crippen molar-refractivity contribution in [2.75, 3.05) is 6.54 Å². The molecule has 23 heavy (non-hydrogen) atoms. The van der Waals surface area contributed by atoms with Crippen molar-refractivity contribution < 1.29 is 9.53 Å². The molecular formula is C17H18Br2N2O2. The standard InChI is InChI=1S/C17H18Br2N2O2/c18-14-5-1-12(2-6-14)9-10-21-17(22)23-16(20)11-13-3-7-15(19)8-4-13/h1-8,16H,9-11,20H2,(H,21,22). The highest BCUT2D eigenvalue weighted by Crippen LogP contribution is 2.12. The second kappa shape index (κ2) is 9.05. The molecule has 0 saturated heterocycles. The second-order valence-corrected chi connectivity index (χ2v) is 6.91. The zero-order valence-electron chi connectivity index (χ0n) is 12.5. The maximum Gasteiger partial charge on any atom is 0.408 e. The lowest BCUT2D eigenvalue weighted by atomic mass is 10.1. The number of rotatable bonds is 6. The van der Waals surface area contributed by atoms with Crippen LogP contribution in [-0.4, -0.2) is 18.9 Å². The number of carbonyl (C=O) groups is 1. The van der Waals surface area contributed by atoms with Gasteiger partial charge >= 0.3 is 6.09 Å². The van der Waals surface area contributed by atoms with Crippen LogP contribution in [0, 0.1) is 0 Å². The van der Waals surface area contributed by atoms with Crippen molar-refractivity contribution in [1.82, 2.24) is 5.32 Å². The maximum absolute atomic E-state index is 11.7. The molecule has 0 aliphatic carbocycles. The van der Waals surface area contributed by atoms with Crippen LogP contribution in [-0.2, 0) is 17.6 Å². The van der Waals surface area contributed by atoms with Gasteiger partial charge in [-0.05, 0) is 41.8 Å². The third kappa shape index (κ3) is 6.72. The molecule has 0 heterocycles. The molecule has 0 aliphatic rings. The monoisotopic (exact) mass is 440 g/mol. The number of hydrogen-bond acceptors (Lipinski definition) is 3. The van der Waals surface area contributed by atoms with E-state index >= 15 is 0 Å². The van der Waals surface area contributed by atoms with E-state index in [1.165, 1.54) is 0 Å². The normalized spacial score (nSPS) is 11.8. The summed E-state index contributed by atoms with van der Waals surface area (Å²) in [7, 11) is 0. The van der Waals surface area contributed by atoms with Crippen LogP contribution in [0.1, 0.15) is 11.1 Å². The molecule has 0 bridgehead atoms. The van der Waals surface area contributed by atoms with Gasteiger partial charge in [0.1, 0.15) is 0 Å². The Bertz CT molecular complexity index is 630. The lowest BCUT2D eigenvalue weighted by molar-refractivity contribution is 0.101.